The highest BCUT2D eigenvalue weighted by molar-refractivity contribution is 5.92. The summed E-state index contributed by atoms with van der Waals surface area (Å²) in [5.74, 6) is 0.383. The van der Waals surface area contributed by atoms with E-state index in [2.05, 4.69) is 22.9 Å². The summed E-state index contributed by atoms with van der Waals surface area (Å²) in [4.78, 5) is 23.5. The topological polar surface area (TPSA) is 84.1 Å². The molecule has 3 saturated carbocycles. The standard InChI is InChI=1S/C24H29N3O3/c1-15-17(12-28)6-7-20-19(15)10-18(11-25)27(20)9-8-23-13-24(14-23,16(23)2)26-21(29)30-22(3,4)5/h6-7,10,12,16H,8-9,13-14H2,1-5H3,(H,26,29)/t16-,23?,24?/m0/s1. The van der Waals surface area contributed by atoms with E-state index in [1.54, 1.807) is 0 Å². The molecule has 1 heterocycles. The number of aromatic nitrogens is 1. The molecule has 0 aliphatic heterocycles. The molecule has 6 nitrogen and oxygen atoms in total. The number of carbonyl (C=O) groups excluding carboxylic acids is 2. The molecule has 0 spiro atoms. The molecule has 30 heavy (non-hydrogen) atoms. The molecule has 1 aromatic carbocycles. The maximum atomic E-state index is 12.2. The smallest absolute Gasteiger partial charge is 0.408 e. The highest BCUT2D eigenvalue weighted by atomic mass is 16.6. The van der Waals surface area contributed by atoms with Crippen molar-refractivity contribution < 1.29 is 14.3 Å². The van der Waals surface area contributed by atoms with Gasteiger partial charge >= 0.3 is 6.09 Å². The Balaban J connectivity index is 1.47. The van der Waals surface area contributed by atoms with Crippen LogP contribution in [0.15, 0.2) is 18.2 Å². The van der Waals surface area contributed by atoms with Crippen LogP contribution >= 0.6 is 0 Å². The number of fused-ring (bicyclic) bond motifs is 1. The molecule has 1 amide bonds. The molecule has 1 atom stereocenters. The fraction of sp³-hybridized carbons (Fsp3) is 0.542. The molecule has 2 bridgehead atoms. The van der Waals surface area contributed by atoms with E-state index in [9.17, 15) is 14.9 Å². The van der Waals surface area contributed by atoms with Crippen molar-refractivity contribution in [3.05, 3.63) is 35.0 Å². The molecule has 0 saturated heterocycles. The SMILES string of the molecule is Cc1c(C=O)ccc2c1cc(C#N)n2CCC12CC(NC(=O)OC(C)(C)C)(C1)[C@H]2C. The van der Waals surface area contributed by atoms with Crippen LogP contribution in [0.5, 0.6) is 0 Å². The third-order valence-electron chi connectivity index (χ3n) is 7.30. The molecule has 3 aliphatic carbocycles. The summed E-state index contributed by atoms with van der Waals surface area (Å²) in [6, 6.07) is 7.95. The van der Waals surface area contributed by atoms with Gasteiger partial charge in [-0.3, -0.25) is 4.79 Å². The number of nitriles is 1. The Bertz CT molecular complexity index is 1080. The average Bonchev–Trinajstić information content (AvgIpc) is 3.01. The van der Waals surface area contributed by atoms with Crippen LogP contribution in [-0.2, 0) is 11.3 Å². The van der Waals surface area contributed by atoms with Gasteiger partial charge in [0.2, 0.25) is 0 Å². The second-order valence-electron chi connectivity index (χ2n) is 10.1. The molecular weight excluding hydrogens is 378 g/mol. The number of hydrogen-bond acceptors (Lipinski definition) is 4. The van der Waals surface area contributed by atoms with E-state index in [4.69, 9.17) is 4.74 Å². The summed E-state index contributed by atoms with van der Waals surface area (Å²) in [7, 11) is 0. The molecule has 3 aliphatic rings. The van der Waals surface area contributed by atoms with Crippen LogP contribution in [-0.4, -0.2) is 28.1 Å². The zero-order chi connectivity index (χ0) is 21.9. The third kappa shape index (κ3) is 2.99. The van der Waals surface area contributed by atoms with Gasteiger partial charge in [0, 0.05) is 28.6 Å². The number of aryl methyl sites for hydroxylation is 2. The summed E-state index contributed by atoms with van der Waals surface area (Å²) in [6.45, 7) is 10.5. The number of ether oxygens (including phenoxy) is 1. The lowest BCUT2D eigenvalue weighted by atomic mass is 9.32. The maximum absolute atomic E-state index is 12.2. The normalized spacial score (nSPS) is 27.0. The molecule has 6 heteroatoms. The molecule has 158 valence electrons. The molecule has 3 fully saturated rings. The zero-order valence-electron chi connectivity index (χ0n) is 18.3. The lowest BCUT2D eigenvalue weighted by molar-refractivity contribution is -0.223. The summed E-state index contributed by atoms with van der Waals surface area (Å²) < 4.78 is 7.50. The number of aldehydes is 1. The van der Waals surface area contributed by atoms with Crippen molar-refractivity contribution >= 4 is 23.3 Å². The number of carbonyl (C=O) groups is 2. The van der Waals surface area contributed by atoms with Crippen LogP contribution in [0.1, 0.15) is 68.6 Å². The number of nitrogens with one attached hydrogen (secondary N) is 1. The van der Waals surface area contributed by atoms with Crippen molar-refractivity contribution in [2.24, 2.45) is 11.3 Å². The van der Waals surface area contributed by atoms with Crippen molar-refractivity contribution in [2.45, 2.75) is 71.6 Å². The van der Waals surface area contributed by atoms with Crippen LogP contribution in [0.4, 0.5) is 4.79 Å². The van der Waals surface area contributed by atoms with E-state index in [0.717, 1.165) is 48.6 Å². The molecular formula is C24H29N3O3. The summed E-state index contributed by atoms with van der Waals surface area (Å²) in [5.41, 5.74) is 2.75. The first-order valence-electron chi connectivity index (χ1n) is 10.5. The minimum Gasteiger partial charge on any atom is -0.444 e. The van der Waals surface area contributed by atoms with Gasteiger partial charge in [0.15, 0.2) is 0 Å². The number of amides is 1. The summed E-state index contributed by atoms with van der Waals surface area (Å²) in [5, 5.41) is 13.7. The van der Waals surface area contributed by atoms with E-state index in [-0.39, 0.29) is 17.0 Å². The van der Waals surface area contributed by atoms with E-state index >= 15 is 0 Å². The van der Waals surface area contributed by atoms with Gasteiger partial charge < -0.3 is 14.6 Å². The Morgan fingerprint density at radius 3 is 2.67 bits per heavy atom. The van der Waals surface area contributed by atoms with E-state index < -0.39 is 5.60 Å². The third-order valence-corrected chi connectivity index (χ3v) is 7.30. The van der Waals surface area contributed by atoms with Gasteiger partial charge in [-0.15, -0.1) is 0 Å². The summed E-state index contributed by atoms with van der Waals surface area (Å²) in [6.07, 6.45) is 3.38. The molecule has 2 aromatic rings. The molecule has 1 aromatic heterocycles. The lowest BCUT2D eigenvalue weighted by Gasteiger charge is -2.76. The number of nitrogens with zero attached hydrogens (tertiary/aromatic N) is 2. The van der Waals surface area contributed by atoms with Gasteiger partial charge in [-0.05, 0) is 82.1 Å². The fourth-order valence-corrected chi connectivity index (χ4v) is 5.53. The predicted octanol–water partition coefficient (Wildman–Crippen LogP) is 4.72. The summed E-state index contributed by atoms with van der Waals surface area (Å²) >= 11 is 0. The largest absolute Gasteiger partial charge is 0.444 e. The van der Waals surface area contributed by atoms with Gasteiger partial charge in [0.05, 0.1) is 0 Å². The lowest BCUT2D eigenvalue weighted by Crippen LogP contribution is -2.81. The Kier molecular flexibility index (Phi) is 4.50. The van der Waals surface area contributed by atoms with Gasteiger partial charge in [-0.1, -0.05) is 6.92 Å². The second-order valence-corrected chi connectivity index (χ2v) is 10.1. The van der Waals surface area contributed by atoms with Crippen molar-refractivity contribution in [2.75, 3.05) is 0 Å². The molecule has 0 radical (unpaired) electrons. The Labute approximate surface area is 177 Å². The number of benzene rings is 1. The predicted molar refractivity (Wildman–Crippen MR) is 114 cm³/mol. The first-order chi connectivity index (χ1) is 14.0. The molecule has 0 unspecified atom stereocenters. The number of alkyl carbamates (subject to hydrolysis) is 1. The highest BCUT2D eigenvalue weighted by Crippen LogP contribution is 2.73. The van der Waals surface area contributed by atoms with Gasteiger partial charge in [0.25, 0.3) is 0 Å². The van der Waals surface area contributed by atoms with Crippen LogP contribution in [0, 0.1) is 29.6 Å². The van der Waals surface area contributed by atoms with Crippen LogP contribution in [0.25, 0.3) is 10.9 Å². The van der Waals surface area contributed by atoms with Crippen LogP contribution < -0.4 is 5.32 Å². The molecule has 1 N–H and O–H groups in total. The van der Waals surface area contributed by atoms with Crippen molar-refractivity contribution in [3.63, 3.8) is 0 Å². The van der Waals surface area contributed by atoms with Crippen LogP contribution in [0.3, 0.4) is 0 Å². The first kappa shape index (κ1) is 20.5. The van der Waals surface area contributed by atoms with Crippen molar-refractivity contribution in [3.8, 4) is 6.07 Å². The minimum absolute atomic E-state index is 0.144. The molecule has 5 rings (SSSR count). The average molecular weight is 408 g/mol. The number of hydrogen-bond donors (Lipinski definition) is 1. The zero-order valence-corrected chi connectivity index (χ0v) is 18.3. The van der Waals surface area contributed by atoms with Gasteiger partial charge in [0.1, 0.15) is 23.7 Å². The van der Waals surface area contributed by atoms with E-state index in [1.807, 2.05) is 45.9 Å². The van der Waals surface area contributed by atoms with Gasteiger partial charge in [-0.25, -0.2) is 4.79 Å². The van der Waals surface area contributed by atoms with Gasteiger partial charge in [-0.2, -0.15) is 5.26 Å². The monoisotopic (exact) mass is 407 g/mol. The quantitative estimate of drug-likeness (QED) is 0.727. The fourth-order valence-electron chi connectivity index (χ4n) is 5.53. The van der Waals surface area contributed by atoms with Crippen LogP contribution in [0.2, 0.25) is 0 Å². The maximum Gasteiger partial charge on any atom is 0.408 e. The Morgan fingerprint density at radius 2 is 2.10 bits per heavy atom. The number of rotatable bonds is 5. The minimum atomic E-state index is -0.500. The first-order valence-corrected chi connectivity index (χ1v) is 10.5. The Hall–Kier alpha value is -2.81. The van der Waals surface area contributed by atoms with E-state index in [0.29, 0.717) is 17.2 Å². The van der Waals surface area contributed by atoms with Crippen molar-refractivity contribution in [1.82, 2.24) is 9.88 Å². The Morgan fingerprint density at radius 1 is 1.40 bits per heavy atom. The second kappa shape index (κ2) is 6.60. The van der Waals surface area contributed by atoms with E-state index in [1.165, 1.54) is 0 Å². The highest BCUT2D eigenvalue weighted by Gasteiger charge is 2.73. The van der Waals surface area contributed by atoms with Crippen molar-refractivity contribution in [1.29, 1.82) is 5.26 Å².